The molecule has 1 aromatic rings. The lowest BCUT2D eigenvalue weighted by atomic mass is 10.1. The standard InChI is InChI=1S/C11H15FN2O.ClH/c12-10-4-1-3-9(7-10)8-11(15)14-6-2-5-13;/h1,3-4,7H,2,5-6,8,13H2,(H,14,15);1H. The van der Waals surface area contributed by atoms with Crippen LogP contribution in [0.15, 0.2) is 24.3 Å². The molecule has 0 aliphatic carbocycles. The molecule has 0 aliphatic heterocycles. The van der Waals surface area contributed by atoms with Crippen LogP contribution in [0.1, 0.15) is 12.0 Å². The summed E-state index contributed by atoms with van der Waals surface area (Å²) in [5.41, 5.74) is 5.97. The van der Waals surface area contributed by atoms with E-state index in [1.807, 2.05) is 0 Å². The van der Waals surface area contributed by atoms with Gasteiger partial charge in [-0.2, -0.15) is 0 Å². The zero-order chi connectivity index (χ0) is 11.1. The Labute approximate surface area is 101 Å². The van der Waals surface area contributed by atoms with Crippen molar-refractivity contribution < 1.29 is 9.18 Å². The summed E-state index contributed by atoms with van der Waals surface area (Å²) in [5.74, 6) is -0.420. The van der Waals surface area contributed by atoms with E-state index in [4.69, 9.17) is 5.73 Å². The van der Waals surface area contributed by atoms with Crippen LogP contribution in [0, 0.1) is 5.82 Å². The first-order chi connectivity index (χ1) is 7.22. The first kappa shape index (κ1) is 14.9. The predicted molar refractivity (Wildman–Crippen MR) is 64.0 cm³/mol. The Morgan fingerprint density at radius 3 is 2.81 bits per heavy atom. The number of rotatable bonds is 5. The van der Waals surface area contributed by atoms with E-state index < -0.39 is 0 Å². The van der Waals surface area contributed by atoms with E-state index in [9.17, 15) is 9.18 Å². The predicted octanol–water partition coefficient (Wildman–Crippen LogP) is 1.25. The van der Waals surface area contributed by atoms with E-state index in [1.165, 1.54) is 12.1 Å². The molecule has 0 aromatic heterocycles. The summed E-state index contributed by atoms with van der Waals surface area (Å²) < 4.78 is 12.8. The molecule has 3 N–H and O–H groups in total. The average Bonchev–Trinajstić information content (AvgIpc) is 2.18. The Kier molecular flexibility index (Phi) is 7.50. The zero-order valence-corrected chi connectivity index (χ0v) is 9.73. The molecule has 1 aromatic carbocycles. The third-order valence-electron chi connectivity index (χ3n) is 1.96. The van der Waals surface area contributed by atoms with Gasteiger partial charge in [-0.3, -0.25) is 4.79 Å². The summed E-state index contributed by atoms with van der Waals surface area (Å²) >= 11 is 0. The lowest BCUT2D eigenvalue weighted by Gasteiger charge is -2.04. The average molecular weight is 247 g/mol. The van der Waals surface area contributed by atoms with Gasteiger partial charge in [0.2, 0.25) is 5.91 Å². The summed E-state index contributed by atoms with van der Waals surface area (Å²) in [6.45, 7) is 1.13. The van der Waals surface area contributed by atoms with Gasteiger partial charge in [0.15, 0.2) is 0 Å². The van der Waals surface area contributed by atoms with Crippen molar-refractivity contribution in [2.24, 2.45) is 5.73 Å². The Balaban J connectivity index is 0.00000225. The molecule has 0 spiro atoms. The van der Waals surface area contributed by atoms with Crippen LogP contribution in [-0.4, -0.2) is 19.0 Å². The van der Waals surface area contributed by atoms with Gasteiger partial charge >= 0.3 is 0 Å². The van der Waals surface area contributed by atoms with E-state index in [0.29, 0.717) is 18.7 Å². The third-order valence-corrected chi connectivity index (χ3v) is 1.96. The first-order valence-electron chi connectivity index (χ1n) is 4.93. The number of carbonyl (C=O) groups excluding carboxylic acids is 1. The van der Waals surface area contributed by atoms with Crippen molar-refractivity contribution in [3.8, 4) is 0 Å². The lowest BCUT2D eigenvalue weighted by Crippen LogP contribution is -2.27. The first-order valence-corrected chi connectivity index (χ1v) is 4.93. The maximum atomic E-state index is 12.8. The largest absolute Gasteiger partial charge is 0.356 e. The summed E-state index contributed by atoms with van der Waals surface area (Å²) in [5, 5.41) is 2.71. The Bertz CT molecular complexity index is 334. The van der Waals surface area contributed by atoms with Crippen molar-refractivity contribution in [2.75, 3.05) is 13.1 Å². The minimum absolute atomic E-state index is 0. The zero-order valence-electron chi connectivity index (χ0n) is 8.91. The smallest absolute Gasteiger partial charge is 0.224 e. The van der Waals surface area contributed by atoms with Crippen molar-refractivity contribution in [1.29, 1.82) is 0 Å². The van der Waals surface area contributed by atoms with Gasteiger partial charge in [-0.1, -0.05) is 12.1 Å². The fraction of sp³-hybridized carbons (Fsp3) is 0.364. The Morgan fingerprint density at radius 1 is 1.44 bits per heavy atom. The maximum Gasteiger partial charge on any atom is 0.224 e. The summed E-state index contributed by atoms with van der Waals surface area (Å²) in [6.07, 6.45) is 0.969. The molecule has 90 valence electrons. The van der Waals surface area contributed by atoms with E-state index in [0.717, 1.165) is 6.42 Å². The van der Waals surface area contributed by atoms with E-state index in [2.05, 4.69) is 5.32 Å². The van der Waals surface area contributed by atoms with Gasteiger partial charge in [0, 0.05) is 6.54 Å². The number of nitrogens with one attached hydrogen (secondary N) is 1. The summed E-state index contributed by atoms with van der Waals surface area (Å²) in [7, 11) is 0. The number of amides is 1. The molecular weight excluding hydrogens is 231 g/mol. The number of hydrogen-bond acceptors (Lipinski definition) is 2. The molecular formula is C11H16ClFN2O. The minimum atomic E-state index is -0.317. The van der Waals surface area contributed by atoms with Crippen molar-refractivity contribution in [3.63, 3.8) is 0 Å². The van der Waals surface area contributed by atoms with Crippen molar-refractivity contribution in [3.05, 3.63) is 35.6 Å². The summed E-state index contributed by atoms with van der Waals surface area (Å²) in [6, 6.07) is 6.04. The number of hydrogen-bond donors (Lipinski definition) is 2. The second kappa shape index (κ2) is 8.07. The second-order valence-electron chi connectivity index (χ2n) is 3.30. The van der Waals surface area contributed by atoms with Crippen LogP contribution in [0.3, 0.4) is 0 Å². The van der Waals surface area contributed by atoms with Crippen LogP contribution >= 0.6 is 12.4 Å². The topological polar surface area (TPSA) is 55.1 Å². The highest BCUT2D eigenvalue weighted by Crippen LogP contribution is 2.03. The quantitative estimate of drug-likeness (QED) is 0.769. The molecule has 5 heteroatoms. The fourth-order valence-electron chi connectivity index (χ4n) is 1.22. The molecule has 0 aliphatic rings. The highest BCUT2D eigenvalue weighted by atomic mass is 35.5. The Morgan fingerprint density at radius 2 is 2.19 bits per heavy atom. The molecule has 0 fully saturated rings. The third kappa shape index (κ3) is 5.68. The van der Waals surface area contributed by atoms with Crippen LogP contribution in [0.5, 0.6) is 0 Å². The van der Waals surface area contributed by atoms with Crippen LogP contribution in [0.4, 0.5) is 4.39 Å². The monoisotopic (exact) mass is 246 g/mol. The van der Waals surface area contributed by atoms with Crippen molar-refractivity contribution in [2.45, 2.75) is 12.8 Å². The Hall–Kier alpha value is -1.13. The molecule has 0 radical (unpaired) electrons. The number of benzene rings is 1. The number of nitrogens with two attached hydrogens (primary N) is 1. The van der Waals surface area contributed by atoms with Gasteiger partial charge < -0.3 is 11.1 Å². The second-order valence-corrected chi connectivity index (χ2v) is 3.30. The normalized spacial score (nSPS) is 9.38. The SMILES string of the molecule is Cl.NCCCNC(=O)Cc1cccc(F)c1. The molecule has 1 rings (SSSR count). The summed E-state index contributed by atoms with van der Waals surface area (Å²) in [4.78, 5) is 11.3. The van der Waals surface area contributed by atoms with E-state index in [-0.39, 0.29) is 30.6 Å². The lowest BCUT2D eigenvalue weighted by molar-refractivity contribution is -0.120. The van der Waals surface area contributed by atoms with Gasteiger partial charge in [0.25, 0.3) is 0 Å². The molecule has 0 saturated heterocycles. The fourth-order valence-corrected chi connectivity index (χ4v) is 1.22. The highest BCUT2D eigenvalue weighted by molar-refractivity contribution is 5.85. The van der Waals surface area contributed by atoms with Gasteiger partial charge in [-0.05, 0) is 30.7 Å². The minimum Gasteiger partial charge on any atom is -0.356 e. The van der Waals surface area contributed by atoms with Crippen LogP contribution in [-0.2, 0) is 11.2 Å². The molecule has 1 amide bonds. The van der Waals surface area contributed by atoms with Crippen molar-refractivity contribution >= 4 is 18.3 Å². The maximum absolute atomic E-state index is 12.8. The van der Waals surface area contributed by atoms with Crippen LogP contribution in [0.2, 0.25) is 0 Å². The molecule has 0 heterocycles. The highest BCUT2D eigenvalue weighted by Gasteiger charge is 2.02. The van der Waals surface area contributed by atoms with Gasteiger partial charge in [0.1, 0.15) is 5.82 Å². The van der Waals surface area contributed by atoms with Crippen LogP contribution in [0.25, 0.3) is 0 Å². The molecule has 0 bridgehead atoms. The number of carbonyl (C=O) groups is 1. The van der Waals surface area contributed by atoms with E-state index >= 15 is 0 Å². The van der Waals surface area contributed by atoms with Gasteiger partial charge in [-0.25, -0.2) is 4.39 Å². The molecule has 0 atom stereocenters. The molecule has 0 unspecified atom stereocenters. The van der Waals surface area contributed by atoms with Crippen LogP contribution < -0.4 is 11.1 Å². The van der Waals surface area contributed by atoms with Gasteiger partial charge in [-0.15, -0.1) is 12.4 Å². The van der Waals surface area contributed by atoms with E-state index in [1.54, 1.807) is 12.1 Å². The van der Waals surface area contributed by atoms with Crippen molar-refractivity contribution in [1.82, 2.24) is 5.32 Å². The van der Waals surface area contributed by atoms with Gasteiger partial charge in [0.05, 0.1) is 6.42 Å². The molecule has 0 saturated carbocycles. The molecule has 3 nitrogen and oxygen atoms in total. The molecule has 16 heavy (non-hydrogen) atoms. The number of halogens is 2.